The molecule has 2 nitrogen and oxygen atoms in total. The van der Waals surface area contributed by atoms with E-state index in [1.807, 2.05) is 13.0 Å². The second-order valence-corrected chi connectivity index (χ2v) is 4.51. The summed E-state index contributed by atoms with van der Waals surface area (Å²) in [6.45, 7) is 3.87. The molecule has 0 aliphatic carbocycles. The van der Waals surface area contributed by atoms with E-state index < -0.39 is 0 Å². The van der Waals surface area contributed by atoms with Gasteiger partial charge in [-0.05, 0) is 38.3 Å². The van der Waals surface area contributed by atoms with Gasteiger partial charge in [0.2, 0.25) is 0 Å². The molecule has 0 bridgehead atoms. The Kier molecular flexibility index (Phi) is 3.44. The molecule has 1 aliphatic rings. The molecule has 2 rings (SSSR count). The highest BCUT2D eigenvalue weighted by molar-refractivity contribution is 5.55. The summed E-state index contributed by atoms with van der Waals surface area (Å²) >= 11 is 0. The van der Waals surface area contributed by atoms with E-state index in [9.17, 15) is 4.39 Å². The second-order valence-electron chi connectivity index (χ2n) is 4.51. The summed E-state index contributed by atoms with van der Waals surface area (Å²) in [5.74, 6) is -0.182. The first kappa shape index (κ1) is 11.4. The molecule has 1 fully saturated rings. The van der Waals surface area contributed by atoms with E-state index >= 15 is 0 Å². The van der Waals surface area contributed by atoms with Gasteiger partial charge in [0.05, 0.1) is 0 Å². The average molecular weight is 222 g/mol. The van der Waals surface area contributed by atoms with Crippen molar-refractivity contribution in [1.29, 1.82) is 0 Å². The van der Waals surface area contributed by atoms with Crippen LogP contribution in [-0.2, 0) is 0 Å². The van der Waals surface area contributed by atoms with Gasteiger partial charge in [0.25, 0.3) is 0 Å². The van der Waals surface area contributed by atoms with Crippen LogP contribution in [0.25, 0.3) is 0 Å². The average Bonchev–Trinajstić information content (AvgIpc) is 2.29. The molecule has 88 valence electrons. The van der Waals surface area contributed by atoms with Gasteiger partial charge in [-0.2, -0.15) is 0 Å². The highest BCUT2D eigenvalue weighted by Crippen LogP contribution is 2.29. The summed E-state index contributed by atoms with van der Waals surface area (Å²) in [5.41, 5.74) is 7.49. The maximum absolute atomic E-state index is 13.7. The lowest BCUT2D eigenvalue weighted by atomic mass is 10.0. The molecular weight excluding hydrogens is 203 g/mol. The zero-order valence-corrected chi connectivity index (χ0v) is 9.75. The highest BCUT2D eigenvalue weighted by Gasteiger charge is 2.18. The lowest BCUT2D eigenvalue weighted by molar-refractivity contribution is 0.561. The van der Waals surface area contributed by atoms with E-state index in [0.717, 1.165) is 18.8 Å². The van der Waals surface area contributed by atoms with Crippen LogP contribution in [0.4, 0.5) is 10.1 Å². The van der Waals surface area contributed by atoms with Crippen LogP contribution >= 0.6 is 0 Å². The SMILES string of the molecule is CC(N)c1c(F)cccc1N1CCCCC1. The summed E-state index contributed by atoms with van der Waals surface area (Å²) in [6.07, 6.45) is 3.66. The van der Waals surface area contributed by atoms with Crippen molar-refractivity contribution in [3.8, 4) is 0 Å². The smallest absolute Gasteiger partial charge is 0.130 e. The van der Waals surface area contributed by atoms with Gasteiger partial charge >= 0.3 is 0 Å². The van der Waals surface area contributed by atoms with Gasteiger partial charge in [0.1, 0.15) is 5.82 Å². The molecule has 0 spiro atoms. The fraction of sp³-hybridized carbons (Fsp3) is 0.538. The number of nitrogens with two attached hydrogens (primary N) is 1. The first-order valence-electron chi connectivity index (χ1n) is 5.99. The van der Waals surface area contributed by atoms with Gasteiger partial charge in [0.15, 0.2) is 0 Å². The minimum Gasteiger partial charge on any atom is -0.371 e. The van der Waals surface area contributed by atoms with Crippen molar-refractivity contribution in [2.45, 2.75) is 32.2 Å². The predicted molar refractivity (Wildman–Crippen MR) is 65.1 cm³/mol. The number of nitrogens with zero attached hydrogens (tertiary/aromatic N) is 1. The van der Waals surface area contributed by atoms with E-state index in [0.29, 0.717) is 5.56 Å². The molecule has 1 unspecified atom stereocenters. The predicted octanol–water partition coefficient (Wildman–Crippen LogP) is 2.84. The van der Waals surface area contributed by atoms with E-state index in [1.54, 1.807) is 6.07 Å². The lowest BCUT2D eigenvalue weighted by Crippen LogP contribution is -2.31. The van der Waals surface area contributed by atoms with E-state index in [1.165, 1.54) is 25.3 Å². The van der Waals surface area contributed by atoms with Crippen LogP contribution in [0.1, 0.15) is 37.8 Å². The van der Waals surface area contributed by atoms with E-state index in [-0.39, 0.29) is 11.9 Å². The number of halogens is 1. The Bertz CT molecular complexity index is 357. The van der Waals surface area contributed by atoms with Crippen LogP contribution < -0.4 is 10.6 Å². The molecule has 3 heteroatoms. The molecule has 0 saturated carbocycles. The van der Waals surface area contributed by atoms with Crippen LogP contribution in [0.15, 0.2) is 18.2 Å². The van der Waals surface area contributed by atoms with Gasteiger partial charge in [0, 0.05) is 30.4 Å². The van der Waals surface area contributed by atoms with Crippen molar-refractivity contribution in [3.63, 3.8) is 0 Å². The number of rotatable bonds is 2. The highest BCUT2D eigenvalue weighted by atomic mass is 19.1. The fourth-order valence-corrected chi connectivity index (χ4v) is 2.39. The zero-order valence-electron chi connectivity index (χ0n) is 9.75. The molecule has 1 heterocycles. The third-order valence-electron chi connectivity index (χ3n) is 3.18. The molecular formula is C13H19FN2. The zero-order chi connectivity index (χ0) is 11.5. The number of anilines is 1. The van der Waals surface area contributed by atoms with Gasteiger partial charge in [-0.3, -0.25) is 0 Å². The number of hydrogen-bond donors (Lipinski definition) is 1. The van der Waals surface area contributed by atoms with E-state index in [2.05, 4.69) is 4.90 Å². The van der Waals surface area contributed by atoms with Gasteiger partial charge in [-0.15, -0.1) is 0 Å². The molecule has 1 aromatic rings. The number of benzene rings is 1. The molecule has 2 N–H and O–H groups in total. The Hall–Kier alpha value is -1.09. The summed E-state index contributed by atoms with van der Waals surface area (Å²) in [5, 5.41) is 0. The standard InChI is InChI=1S/C13H19FN2/c1-10(15)13-11(14)6-5-7-12(13)16-8-3-2-4-9-16/h5-7,10H,2-4,8-9,15H2,1H3. The summed E-state index contributed by atoms with van der Waals surface area (Å²) in [7, 11) is 0. The fourth-order valence-electron chi connectivity index (χ4n) is 2.39. The van der Waals surface area contributed by atoms with Gasteiger partial charge < -0.3 is 10.6 Å². The maximum Gasteiger partial charge on any atom is 0.130 e. The molecule has 1 aromatic carbocycles. The first-order valence-corrected chi connectivity index (χ1v) is 5.99. The summed E-state index contributed by atoms with van der Waals surface area (Å²) < 4.78 is 13.7. The van der Waals surface area contributed by atoms with Crippen molar-refractivity contribution in [2.24, 2.45) is 5.73 Å². The van der Waals surface area contributed by atoms with Crippen molar-refractivity contribution in [3.05, 3.63) is 29.6 Å². The third-order valence-corrected chi connectivity index (χ3v) is 3.18. The van der Waals surface area contributed by atoms with Crippen molar-refractivity contribution >= 4 is 5.69 Å². The Morgan fingerprint density at radius 3 is 2.56 bits per heavy atom. The Balaban J connectivity index is 2.34. The molecule has 1 aliphatic heterocycles. The van der Waals surface area contributed by atoms with Crippen molar-refractivity contribution in [2.75, 3.05) is 18.0 Å². The first-order chi connectivity index (χ1) is 7.70. The van der Waals surface area contributed by atoms with Crippen LogP contribution in [0, 0.1) is 5.82 Å². The quantitative estimate of drug-likeness (QED) is 0.833. The molecule has 1 atom stereocenters. The number of piperidine rings is 1. The van der Waals surface area contributed by atoms with Crippen LogP contribution in [0.2, 0.25) is 0 Å². The Morgan fingerprint density at radius 1 is 1.25 bits per heavy atom. The van der Waals surface area contributed by atoms with E-state index in [4.69, 9.17) is 5.73 Å². The molecule has 0 radical (unpaired) electrons. The Morgan fingerprint density at radius 2 is 1.94 bits per heavy atom. The van der Waals surface area contributed by atoms with Crippen LogP contribution in [-0.4, -0.2) is 13.1 Å². The topological polar surface area (TPSA) is 29.3 Å². The molecule has 1 saturated heterocycles. The lowest BCUT2D eigenvalue weighted by Gasteiger charge is -2.31. The van der Waals surface area contributed by atoms with Crippen LogP contribution in [0.3, 0.4) is 0 Å². The normalized spacial score (nSPS) is 18.6. The minimum atomic E-state index is -0.252. The maximum atomic E-state index is 13.7. The van der Waals surface area contributed by atoms with Crippen LogP contribution in [0.5, 0.6) is 0 Å². The minimum absolute atomic E-state index is 0.182. The third kappa shape index (κ3) is 2.19. The molecule has 16 heavy (non-hydrogen) atoms. The molecule has 0 aromatic heterocycles. The van der Waals surface area contributed by atoms with Crippen molar-refractivity contribution in [1.82, 2.24) is 0 Å². The second kappa shape index (κ2) is 4.83. The van der Waals surface area contributed by atoms with Crippen molar-refractivity contribution < 1.29 is 4.39 Å². The summed E-state index contributed by atoms with van der Waals surface area (Å²) in [4.78, 5) is 2.26. The largest absolute Gasteiger partial charge is 0.371 e. The molecule has 0 amide bonds. The van der Waals surface area contributed by atoms with Gasteiger partial charge in [-0.25, -0.2) is 4.39 Å². The Labute approximate surface area is 96.2 Å². The number of hydrogen-bond acceptors (Lipinski definition) is 2. The summed E-state index contributed by atoms with van der Waals surface area (Å²) in [6, 6.07) is 4.99. The van der Waals surface area contributed by atoms with Gasteiger partial charge in [-0.1, -0.05) is 6.07 Å². The monoisotopic (exact) mass is 222 g/mol.